The van der Waals surface area contributed by atoms with Gasteiger partial charge in [0.05, 0.1) is 24.0 Å². The summed E-state index contributed by atoms with van der Waals surface area (Å²) in [6.07, 6.45) is 0.834. The third kappa shape index (κ3) is 4.19. The number of nitrogens with zero attached hydrogens (tertiary/aromatic N) is 3. The predicted octanol–water partition coefficient (Wildman–Crippen LogP) is 4.73. The average Bonchev–Trinajstić information content (AvgIpc) is 3.11. The molecule has 32 heavy (non-hydrogen) atoms. The van der Waals surface area contributed by atoms with Crippen LogP contribution in [0.1, 0.15) is 10.4 Å². The second-order valence-corrected chi connectivity index (χ2v) is 9.14. The zero-order valence-electron chi connectivity index (χ0n) is 16.5. The molecule has 0 saturated heterocycles. The Morgan fingerprint density at radius 2 is 1.94 bits per heavy atom. The van der Waals surface area contributed by atoms with Gasteiger partial charge in [-0.25, -0.2) is 27.1 Å². The molecule has 10 heteroatoms. The Balaban J connectivity index is 1.87. The zero-order chi connectivity index (χ0) is 23.0. The van der Waals surface area contributed by atoms with Gasteiger partial charge in [0.2, 0.25) is 10.0 Å². The van der Waals surface area contributed by atoms with E-state index in [1.165, 1.54) is 16.8 Å². The third-order valence-corrected chi connectivity index (χ3v) is 5.40. The van der Waals surface area contributed by atoms with E-state index in [9.17, 15) is 13.2 Å². The van der Waals surface area contributed by atoms with Gasteiger partial charge in [0, 0.05) is 16.0 Å². The molecule has 0 unspecified atom stereocenters. The van der Waals surface area contributed by atoms with Gasteiger partial charge in [0.25, 0.3) is 5.91 Å². The lowest BCUT2D eigenvalue weighted by Gasteiger charge is -2.08. The number of carbonyl (C=O) groups excluding carboxylic acids is 1. The van der Waals surface area contributed by atoms with E-state index < -0.39 is 21.7 Å². The number of hydrogen-bond acceptors (Lipinski definition) is 4. The minimum Gasteiger partial charge on any atom is -0.268 e. The van der Waals surface area contributed by atoms with Gasteiger partial charge < -0.3 is 0 Å². The van der Waals surface area contributed by atoms with E-state index in [1.807, 2.05) is 0 Å². The molecule has 0 aliphatic heterocycles. The third-order valence-electron chi connectivity index (χ3n) is 4.61. The van der Waals surface area contributed by atoms with E-state index in [1.54, 1.807) is 47.2 Å². The van der Waals surface area contributed by atoms with Crippen LogP contribution in [0, 0.1) is 12.4 Å². The maximum atomic E-state index is 15.0. The summed E-state index contributed by atoms with van der Waals surface area (Å²) in [6, 6.07) is 15.5. The number of hydrogen-bond donors (Lipinski definition) is 1. The van der Waals surface area contributed by atoms with Gasteiger partial charge in [-0.1, -0.05) is 29.8 Å². The summed E-state index contributed by atoms with van der Waals surface area (Å²) in [5.41, 5.74) is 2.06. The normalized spacial score (nSPS) is 11.3. The van der Waals surface area contributed by atoms with Crippen molar-refractivity contribution in [3.63, 3.8) is 0 Å². The van der Waals surface area contributed by atoms with Crippen LogP contribution in [0.4, 0.5) is 10.1 Å². The second kappa shape index (κ2) is 8.07. The first kappa shape index (κ1) is 21.5. The van der Waals surface area contributed by atoms with Crippen molar-refractivity contribution in [2.75, 3.05) is 6.26 Å². The number of aromatic nitrogens is 2. The highest BCUT2D eigenvalue weighted by atomic mass is 35.5. The van der Waals surface area contributed by atoms with E-state index in [0.29, 0.717) is 32.9 Å². The van der Waals surface area contributed by atoms with Crippen LogP contribution in [0.5, 0.6) is 0 Å². The van der Waals surface area contributed by atoms with Gasteiger partial charge in [0.15, 0.2) is 5.69 Å². The molecule has 1 N–H and O–H groups in total. The van der Waals surface area contributed by atoms with Crippen LogP contribution in [0.15, 0.2) is 60.7 Å². The largest absolute Gasteiger partial charge is 0.268 e. The molecule has 0 spiro atoms. The Morgan fingerprint density at radius 3 is 2.62 bits per heavy atom. The number of halogens is 2. The number of sulfonamides is 1. The predicted molar refractivity (Wildman–Crippen MR) is 120 cm³/mol. The minimum atomic E-state index is -3.79. The monoisotopic (exact) mass is 468 g/mol. The fourth-order valence-electron chi connectivity index (χ4n) is 3.26. The summed E-state index contributed by atoms with van der Waals surface area (Å²) in [5, 5.41) is 5.68. The number of carbonyl (C=O) groups is 1. The van der Waals surface area contributed by atoms with Crippen LogP contribution in [-0.4, -0.2) is 30.4 Å². The van der Waals surface area contributed by atoms with Crippen molar-refractivity contribution in [2.24, 2.45) is 0 Å². The Hall–Kier alpha value is -3.74. The fourth-order valence-corrected chi connectivity index (χ4v) is 3.88. The van der Waals surface area contributed by atoms with Gasteiger partial charge in [-0.05, 0) is 48.0 Å². The number of nitrogens with one attached hydrogen (secondary N) is 1. The highest BCUT2D eigenvalue weighted by molar-refractivity contribution is 7.89. The molecule has 4 aromatic rings. The standard InChI is InChI=1S/C22H14ClFN4O3S/c1-25-16-5-3-4-13(10-16)21-17-12-15(23)7-9-19(17)28(26-21)20-8-6-14(11-18(20)24)22(29)27-32(2,30)31/h3-12H,2H3,(H,27,29). The molecule has 0 fully saturated rings. The van der Waals surface area contributed by atoms with Crippen LogP contribution in [0.3, 0.4) is 0 Å². The minimum absolute atomic E-state index is 0.0563. The summed E-state index contributed by atoms with van der Waals surface area (Å²) in [7, 11) is -3.79. The fraction of sp³-hybridized carbons (Fsp3) is 0.0455. The first-order valence-corrected chi connectivity index (χ1v) is 11.4. The van der Waals surface area contributed by atoms with E-state index in [4.69, 9.17) is 18.2 Å². The molecule has 0 saturated carbocycles. The summed E-state index contributed by atoms with van der Waals surface area (Å²) < 4.78 is 40.7. The van der Waals surface area contributed by atoms with Crippen molar-refractivity contribution < 1.29 is 17.6 Å². The van der Waals surface area contributed by atoms with Gasteiger partial charge >= 0.3 is 0 Å². The van der Waals surface area contributed by atoms with E-state index in [-0.39, 0.29) is 11.3 Å². The summed E-state index contributed by atoms with van der Waals surface area (Å²) in [6.45, 7) is 7.24. The molecule has 1 amide bonds. The highest BCUT2D eigenvalue weighted by Crippen LogP contribution is 2.33. The number of benzene rings is 3. The SMILES string of the molecule is [C-]#[N+]c1cccc(-c2nn(-c3ccc(C(=O)NS(C)(=O)=O)cc3F)c3ccc(Cl)cc23)c1. The summed E-state index contributed by atoms with van der Waals surface area (Å²) in [5.74, 6) is -1.71. The molecule has 0 bridgehead atoms. The maximum absolute atomic E-state index is 15.0. The smallest absolute Gasteiger partial charge is 0.264 e. The van der Waals surface area contributed by atoms with Crippen LogP contribution >= 0.6 is 11.6 Å². The molecule has 4 rings (SSSR count). The highest BCUT2D eigenvalue weighted by Gasteiger charge is 2.19. The van der Waals surface area contributed by atoms with Crippen molar-refractivity contribution in [3.8, 4) is 16.9 Å². The number of amides is 1. The second-order valence-electron chi connectivity index (χ2n) is 6.95. The quantitative estimate of drug-likeness (QED) is 0.439. The lowest BCUT2D eigenvalue weighted by Crippen LogP contribution is -2.29. The van der Waals surface area contributed by atoms with E-state index in [2.05, 4.69) is 9.94 Å². The molecule has 7 nitrogen and oxygen atoms in total. The van der Waals surface area contributed by atoms with Crippen LogP contribution in [0.25, 0.3) is 32.7 Å². The van der Waals surface area contributed by atoms with Crippen LogP contribution < -0.4 is 4.72 Å². The molecular formula is C22H14ClFN4O3S. The number of fused-ring (bicyclic) bond motifs is 1. The molecule has 0 radical (unpaired) electrons. The van der Waals surface area contributed by atoms with E-state index >= 15 is 4.39 Å². The molecule has 0 atom stereocenters. The zero-order valence-corrected chi connectivity index (χ0v) is 18.1. The topological polar surface area (TPSA) is 85.4 Å². The lowest BCUT2D eigenvalue weighted by molar-refractivity contribution is 0.0981. The Morgan fingerprint density at radius 1 is 1.16 bits per heavy atom. The molecular weight excluding hydrogens is 455 g/mol. The molecule has 1 heterocycles. The van der Waals surface area contributed by atoms with E-state index in [0.717, 1.165) is 12.3 Å². The summed E-state index contributed by atoms with van der Waals surface area (Å²) >= 11 is 6.18. The van der Waals surface area contributed by atoms with Gasteiger partial charge in [-0.3, -0.25) is 4.79 Å². The maximum Gasteiger partial charge on any atom is 0.264 e. The Labute approximate surface area is 187 Å². The molecule has 3 aromatic carbocycles. The molecule has 0 aliphatic carbocycles. The number of rotatable bonds is 4. The molecule has 1 aromatic heterocycles. The van der Waals surface area contributed by atoms with Crippen molar-refractivity contribution in [2.45, 2.75) is 0 Å². The summed E-state index contributed by atoms with van der Waals surface area (Å²) in [4.78, 5) is 15.5. The van der Waals surface area contributed by atoms with Gasteiger partial charge in [-0.2, -0.15) is 5.10 Å². The first-order chi connectivity index (χ1) is 15.2. The Kier molecular flexibility index (Phi) is 5.42. The molecule has 0 aliphatic rings. The van der Waals surface area contributed by atoms with Gasteiger partial charge in [-0.15, -0.1) is 0 Å². The lowest BCUT2D eigenvalue weighted by atomic mass is 10.1. The van der Waals surface area contributed by atoms with Crippen molar-refractivity contribution in [1.82, 2.24) is 14.5 Å². The van der Waals surface area contributed by atoms with Gasteiger partial charge in [0.1, 0.15) is 11.5 Å². The Bertz CT molecular complexity index is 1540. The van der Waals surface area contributed by atoms with Crippen molar-refractivity contribution >= 4 is 44.1 Å². The van der Waals surface area contributed by atoms with Crippen LogP contribution in [-0.2, 0) is 10.0 Å². The van der Waals surface area contributed by atoms with Crippen molar-refractivity contribution in [3.05, 3.63) is 88.5 Å². The van der Waals surface area contributed by atoms with Crippen molar-refractivity contribution in [1.29, 1.82) is 0 Å². The van der Waals surface area contributed by atoms with Crippen LogP contribution in [0.2, 0.25) is 5.02 Å². The first-order valence-electron chi connectivity index (χ1n) is 9.14. The average molecular weight is 469 g/mol. The molecule has 160 valence electrons.